The third-order valence-electron chi connectivity index (χ3n) is 0.986. The Morgan fingerprint density at radius 1 is 1.30 bits per heavy atom. The van der Waals surface area contributed by atoms with E-state index in [1.165, 1.54) is 31.3 Å². The van der Waals surface area contributed by atoms with Gasteiger partial charge in [0, 0.05) is 0 Å². The molecule has 0 aromatic heterocycles. The third kappa shape index (κ3) is 25.3. The second kappa shape index (κ2) is 15.9. The molecule has 0 aliphatic carbocycles. The van der Waals surface area contributed by atoms with E-state index in [0.29, 0.717) is 0 Å². The lowest BCUT2D eigenvalue weighted by atomic mass is 10.4. The Bertz CT molecular complexity index is 74.2. The van der Waals surface area contributed by atoms with Crippen LogP contribution in [0.2, 0.25) is 0 Å². The minimum absolute atomic E-state index is 1.30. The molecular formula is C7H16N2S. The highest BCUT2D eigenvalue weighted by atomic mass is 32.1. The van der Waals surface area contributed by atoms with Crippen LogP contribution in [0.15, 0.2) is 0 Å². The standard InChI is InChI=1S/C6H15N.CHNS/c1-3-5-7-6-4-2;2-1-3/h7H,3-6H2,1-2H3;3H. The highest BCUT2D eigenvalue weighted by Crippen LogP contribution is 1.62. The van der Waals surface area contributed by atoms with Gasteiger partial charge in [-0.2, -0.15) is 0 Å². The van der Waals surface area contributed by atoms with E-state index in [1.54, 1.807) is 0 Å². The molecule has 0 aromatic rings. The molecule has 10 heavy (non-hydrogen) atoms. The Kier molecular flexibility index (Phi) is 19.6. The average molecular weight is 160 g/mol. The quantitative estimate of drug-likeness (QED) is 0.367. The van der Waals surface area contributed by atoms with E-state index in [9.17, 15) is 0 Å². The molecule has 0 bridgehead atoms. The molecule has 3 heteroatoms. The number of nitrogens with two attached hydrogens (primary N) is 1. The minimum atomic E-state index is 1.30. The summed E-state index contributed by atoms with van der Waals surface area (Å²) in [7, 11) is 0. The number of quaternary nitrogens is 1. The van der Waals surface area contributed by atoms with Gasteiger partial charge in [-0.3, -0.25) is 0 Å². The molecule has 0 atom stereocenters. The number of thiocyanates is 1. The van der Waals surface area contributed by atoms with Gasteiger partial charge < -0.3 is 17.9 Å². The van der Waals surface area contributed by atoms with Crippen molar-refractivity contribution in [3.05, 3.63) is 0 Å². The smallest absolute Gasteiger partial charge is 0.0752 e. The lowest BCUT2D eigenvalue weighted by Crippen LogP contribution is -2.84. The summed E-state index contributed by atoms with van der Waals surface area (Å²) in [5, 5.41) is 10.8. The topological polar surface area (TPSA) is 40.4 Å². The zero-order chi connectivity index (χ0) is 8.24. The first-order valence-electron chi connectivity index (χ1n) is 3.66. The predicted octanol–water partition coefficient (Wildman–Crippen LogP) is 0.384. The predicted molar refractivity (Wildman–Crippen MR) is 45.2 cm³/mol. The summed E-state index contributed by atoms with van der Waals surface area (Å²) >= 11 is 3.70. The summed E-state index contributed by atoms with van der Waals surface area (Å²) in [5.41, 5.74) is 0. The van der Waals surface area contributed by atoms with Gasteiger partial charge >= 0.3 is 0 Å². The van der Waals surface area contributed by atoms with Crippen molar-refractivity contribution in [2.24, 2.45) is 0 Å². The maximum atomic E-state index is 7.13. The molecule has 0 spiro atoms. The van der Waals surface area contributed by atoms with E-state index in [4.69, 9.17) is 5.26 Å². The van der Waals surface area contributed by atoms with Gasteiger partial charge in [0.15, 0.2) is 0 Å². The summed E-state index contributed by atoms with van der Waals surface area (Å²) in [6.07, 6.45) is 2.61. The number of hydrogen-bond donors (Lipinski definition) is 1. The second-order valence-corrected chi connectivity index (χ2v) is 2.14. The third-order valence-corrected chi connectivity index (χ3v) is 0.986. The van der Waals surface area contributed by atoms with Crippen LogP contribution in [-0.2, 0) is 12.6 Å². The largest absolute Gasteiger partial charge is 0.696 e. The average Bonchev–Trinajstić information content (AvgIpc) is 1.91. The van der Waals surface area contributed by atoms with Gasteiger partial charge in [0.25, 0.3) is 0 Å². The van der Waals surface area contributed by atoms with E-state index < -0.39 is 0 Å². The first-order chi connectivity index (χ1) is 4.83. The molecule has 0 aliphatic heterocycles. The second-order valence-electron chi connectivity index (χ2n) is 1.96. The fourth-order valence-corrected chi connectivity index (χ4v) is 0.553. The number of hydrogen-bond acceptors (Lipinski definition) is 2. The monoisotopic (exact) mass is 160 g/mol. The van der Waals surface area contributed by atoms with Crippen LogP contribution in [-0.4, -0.2) is 13.1 Å². The van der Waals surface area contributed by atoms with Gasteiger partial charge in [-0.25, -0.2) is 5.26 Å². The van der Waals surface area contributed by atoms with Crippen LogP contribution >= 0.6 is 0 Å². The SMILES string of the molecule is CCC[NH2+]CCC.N#C[S-]. The molecule has 0 rings (SSSR count). The van der Waals surface area contributed by atoms with Gasteiger partial charge in [-0.15, -0.1) is 0 Å². The Morgan fingerprint density at radius 3 is 1.80 bits per heavy atom. The molecule has 0 amide bonds. The van der Waals surface area contributed by atoms with Crippen molar-refractivity contribution in [1.29, 1.82) is 5.26 Å². The molecule has 2 nitrogen and oxygen atoms in total. The molecular weight excluding hydrogens is 144 g/mol. The van der Waals surface area contributed by atoms with Crippen LogP contribution in [0, 0.1) is 10.7 Å². The van der Waals surface area contributed by atoms with Gasteiger partial charge in [0.1, 0.15) is 0 Å². The van der Waals surface area contributed by atoms with Crippen LogP contribution in [0.4, 0.5) is 0 Å². The zero-order valence-electron chi connectivity index (χ0n) is 6.76. The fraction of sp³-hybridized carbons (Fsp3) is 0.857. The molecule has 0 saturated carbocycles. The summed E-state index contributed by atoms with van der Waals surface area (Å²) in [4.78, 5) is 0. The van der Waals surface area contributed by atoms with Gasteiger partial charge in [-0.1, -0.05) is 19.2 Å². The summed E-state index contributed by atoms with van der Waals surface area (Å²) < 4.78 is 0. The van der Waals surface area contributed by atoms with Crippen molar-refractivity contribution >= 4 is 12.6 Å². The normalized spacial score (nSPS) is 7.30. The molecule has 0 aromatic carbocycles. The van der Waals surface area contributed by atoms with Crippen molar-refractivity contribution in [1.82, 2.24) is 0 Å². The van der Waals surface area contributed by atoms with E-state index in [1.807, 2.05) is 0 Å². The highest BCUT2D eigenvalue weighted by Gasteiger charge is 1.80. The number of rotatable bonds is 4. The van der Waals surface area contributed by atoms with Crippen LogP contribution in [0.1, 0.15) is 26.7 Å². The molecule has 2 N–H and O–H groups in total. The van der Waals surface area contributed by atoms with Crippen LogP contribution in [0.5, 0.6) is 0 Å². The van der Waals surface area contributed by atoms with E-state index >= 15 is 0 Å². The Hall–Kier alpha value is -0.330. The van der Waals surface area contributed by atoms with Crippen LogP contribution in [0.25, 0.3) is 0 Å². The summed E-state index contributed by atoms with van der Waals surface area (Å²) in [6, 6.07) is 0. The molecule has 0 fully saturated rings. The molecule has 0 aliphatic rings. The minimum Gasteiger partial charge on any atom is -0.696 e. The van der Waals surface area contributed by atoms with Crippen molar-refractivity contribution in [2.45, 2.75) is 26.7 Å². The van der Waals surface area contributed by atoms with E-state index in [0.717, 1.165) is 0 Å². The number of nitrogens with zero attached hydrogens (tertiary/aromatic N) is 1. The molecule has 0 radical (unpaired) electrons. The molecule has 0 heterocycles. The van der Waals surface area contributed by atoms with Crippen molar-refractivity contribution in [3.8, 4) is 5.40 Å². The fourth-order valence-electron chi connectivity index (χ4n) is 0.553. The Morgan fingerprint density at radius 2 is 1.60 bits per heavy atom. The maximum Gasteiger partial charge on any atom is 0.0752 e. The van der Waals surface area contributed by atoms with Crippen molar-refractivity contribution in [2.75, 3.05) is 13.1 Å². The summed E-state index contributed by atoms with van der Waals surface area (Å²) in [6.45, 7) is 7.03. The lowest BCUT2D eigenvalue weighted by molar-refractivity contribution is -0.654. The molecule has 0 unspecified atom stereocenters. The van der Waals surface area contributed by atoms with Crippen LogP contribution in [0.3, 0.4) is 0 Å². The Labute approximate surface area is 69.0 Å². The first-order valence-corrected chi connectivity index (χ1v) is 4.07. The zero-order valence-corrected chi connectivity index (χ0v) is 7.58. The maximum absolute atomic E-state index is 7.13. The number of nitriles is 1. The van der Waals surface area contributed by atoms with Gasteiger partial charge in [-0.05, 0) is 12.8 Å². The van der Waals surface area contributed by atoms with E-state index in [-0.39, 0.29) is 0 Å². The van der Waals surface area contributed by atoms with E-state index in [2.05, 4.69) is 31.8 Å². The van der Waals surface area contributed by atoms with Gasteiger partial charge in [0.2, 0.25) is 0 Å². The first kappa shape index (κ1) is 12.4. The lowest BCUT2D eigenvalue weighted by Gasteiger charge is -1.92. The van der Waals surface area contributed by atoms with Gasteiger partial charge in [0.05, 0.1) is 13.1 Å². The van der Waals surface area contributed by atoms with Crippen molar-refractivity contribution < 1.29 is 5.32 Å². The van der Waals surface area contributed by atoms with Crippen molar-refractivity contribution in [3.63, 3.8) is 0 Å². The molecule has 0 saturated heterocycles. The summed E-state index contributed by atoms with van der Waals surface area (Å²) in [5.74, 6) is 0. The Balaban J connectivity index is 0. The van der Waals surface area contributed by atoms with Crippen LogP contribution < -0.4 is 5.32 Å². The highest BCUT2D eigenvalue weighted by molar-refractivity contribution is 7.64. The molecule has 60 valence electrons.